The normalized spacial score (nSPS) is 17.7. The average molecular weight is 438 g/mol. The Hall–Kier alpha value is -3.66. The third-order valence-corrected chi connectivity index (χ3v) is 5.70. The third kappa shape index (κ3) is 4.97. The summed E-state index contributed by atoms with van der Waals surface area (Å²) in [5.74, 6) is -1.98. The first-order valence-electron chi connectivity index (χ1n) is 10.6. The van der Waals surface area contributed by atoms with Crippen molar-refractivity contribution in [2.75, 3.05) is 6.54 Å². The minimum Gasteiger partial charge on any atom is -0.480 e. The van der Waals surface area contributed by atoms with Gasteiger partial charge in [-0.1, -0.05) is 18.2 Å². The highest BCUT2D eigenvalue weighted by Crippen LogP contribution is 2.19. The molecule has 1 aliphatic rings. The van der Waals surface area contributed by atoms with E-state index in [0.29, 0.717) is 12.1 Å². The Bertz CT molecular complexity index is 1090. The zero-order valence-corrected chi connectivity index (χ0v) is 17.4. The summed E-state index contributed by atoms with van der Waals surface area (Å²) in [5.41, 5.74) is 2.34. The van der Waals surface area contributed by atoms with Crippen LogP contribution in [-0.4, -0.2) is 62.5 Å². The fourth-order valence-electron chi connectivity index (χ4n) is 4.00. The second-order valence-electron chi connectivity index (χ2n) is 7.95. The number of carboxylic acids is 1. The number of nitrogens with one attached hydrogen (secondary N) is 5. The lowest BCUT2D eigenvalue weighted by atomic mass is 10.0. The van der Waals surface area contributed by atoms with E-state index in [1.807, 2.05) is 24.3 Å². The number of aromatic nitrogens is 3. The summed E-state index contributed by atoms with van der Waals surface area (Å²) in [4.78, 5) is 47.6. The van der Waals surface area contributed by atoms with Gasteiger partial charge in [0, 0.05) is 41.8 Å². The second-order valence-corrected chi connectivity index (χ2v) is 7.95. The zero-order valence-electron chi connectivity index (χ0n) is 17.4. The Morgan fingerprint density at radius 3 is 2.69 bits per heavy atom. The van der Waals surface area contributed by atoms with E-state index >= 15 is 0 Å². The molecule has 0 spiro atoms. The van der Waals surface area contributed by atoms with E-state index in [2.05, 4.69) is 30.9 Å². The number of para-hydroxylation sites is 1. The predicted molar refractivity (Wildman–Crippen MR) is 117 cm³/mol. The summed E-state index contributed by atoms with van der Waals surface area (Å²) in [6.45, 7) is 0.751. The van der Waals surface area contributed by atoms with Gasteiger partial charge in [-0.15, -0.1) is 0 Å². The second kappa shape index (κ2) is 9.65. The summed E-state index contributed by atoms with van der Waals surface area (Å²) in [5, 5.41) is 19.1. The molecule has 0 aliphatic carbocycles. The van der Waals surface area contributed by atoms with Crippen molar-refractivity contribution in [3.05, 3.63) is 54.2 Å². The largest absolute Gasteiger partial charge is 0.480 e. The Kier molecular flexibility index (Phi) is 6.50. The van der Waals surface area contributed by atoms with Gasteiger partial charge in [0.2, 0.25) is 11.8 Å². The molecule has 10 heteroatoms. The monoisotopic (exact) mass is 438 g/mol. The molecule has 32 heavy (non-hydrogen) atoms. The molecule has 3 atom stereocenters. The molecule has 0 radical (unpaired) electrons. The van der Waals surface area contributed by atoms with Gasteiger partial charge >= 0.3 is 5.97 Å². The number of fused-ring (bicyclic) bond motifs is 1. The number of rotatable bonds is 9. The fourth-order valence-corrected chi connectivity index (χ4v) is 4.00. The lowest BCUT2D eigenvalue weighted by molar-refractivity contribution is -0.142. The van der Waals surface area contributed by atoms with Crippen molar-refractivity contribution >= 4 is 28.7 Å². The number of aromatic amines is 2. The number of aliphatic carboxylic acids is 1. The predicted octanol–water partition coefficient (Wildman–Crippen LogP) is 0.482. The van der Waals surface area contributed by atoms with Crippen LogP contribution < -0.4 is 16.0 Å². The van der Waals surface area contributed by atoms with Gasteiger partial charge in [-0.2, -0.15) is 0 Å². The first-order chi connectivity index (χ1) is 15.5. The number of H-pyrrole nitrogens is 2. The molecule has 3 heterocycles. The number of nitrogens with zero attached hydrogens (tertiary/aromatic N) is 1. The molecule has 0 unspecified atom stereocenters. The van der Waals surface area contributed by atoms with Gasteiger partial charge in [-0.3, -0.25) is 9.59 Å². The van der Waals surface area contributed by atoms with Crippen molar-refractivity contribution in [3.8, 4) is 0 Å². The zero-order chi connectivity index (χ0) is 22.5. The van der Waals surface area contributed by atoms with E-state index < -0.39 is 24.0 Å². The van der Waals surface area contributed by atoms with Crippen molar-refractivity contribution < 1.29 is 19.5 Å². The lowest BCUT2D eigenvalue weighted by Gasteiger charge is -2.22. The van der Waals surface area contributed by atoms with Crippen LogP contribution in [0, 0.1) is 0 Å². The number of imidazole rings is 1. The first-order valence-corrected chi connectivity index (χ1v) is 10.6. The molecule has 3 aromatic rings. The lowest BCUT2D eigenvalue weighted by Crippen LogP contribution is -2.55. The Morgan fingerprint density at radius 2 is 1.97 bits per heavy atom. The quantitative estimate of drug-likeness (QED) is 0.286. The summed E-state index contributed by atoms with van der Waals surface area (Å²) >= 11 is 0. The van der Waals surface area contributed by atoms with E-state index in [1.54, 1.807) is 12.4 Å². The Morgan fingerprint density at radius 1 is 1.12 bits per heavy atom. The van der Waals surface area contributed by atoms with Gasteiger partial charge in [0.05, 0.1) is 12.4 Å². The summed E-state index contributed by atoms with van der Waals surface area (Å²) in [7, 11) is 0. The van der Waals surface area contributed by atoms with Crippen molar-refractivity contribution in [2.24, 2.45) is 0 Å². The molecule has 4 rings (SSSR count). The van der Waals surface area contributed by atoms with E-state index in [1.165, 1.54) is 6.33 Å². The number of carbonyl (C=O) groups excluding carboxylic acids is 2. The maximum absolute atomic E-state index is 13.1. The summed E-state index contributed by atoms with van der Waals surface area (Å²) in [6.07, 6.45) is 6.68. The average Bonchev–Trinajstić information content (AvgIpc) is 3.55. The molecule has 1 saturated heterocycles. The van der Waals surface area contributed by atoms with E-state index in [9.17, 15) is 19.5 Å². The highest BCUT2D eigenvalue weighted by Gasteiger charge is 2.30. The van der Waals surface area contributed by atoms with Crippen LogP contribution >= 0.6 is 0 Å². The molecular weight excluding hydrogens is 412 g/mol. The van der Waals surface area contributed by atoms with Crippen molar-refractivity contribution in [1.82, 2.24) is 30.9 Å². The van der Waals surface area contributed by atoms with E-state index in [-0.39, 0.29) is 24.8 Å². The van der Waals surface area contributed by atoms with Gasteiger partial charge in [-0.25, -0.2) is 9.78 Å². The van der Waals surface area contributed by atoms with Crippen molar-refractivity contribution in [1.29, 1.82) is 0 Å². The SMILES string of the molecule is O=C(O)[C@H](Cc1c[nH]c2ccccc12)NC(=O)[C@H](Cc1cnc[nH]1)NC(=O)[C@@H]1CCCN1. The van der Waals surface area contributed by atoms with Crippen LogP contribution in [0.3, 0.4) is 0 Å². The van der Waals surface area contributed by atoms with Crippen molar-refractivity contribution in [3.63, 3.8) is 0 Å². The van der Waals surface area contributed by atoms with Crippen LogP contribution in [0.2, 0.25) is 0 Å². The molecule has 6 N–H and O–H groups in total. The molecule has 0 bridgehead atoms. The maximum Gasteiger partial charge on any atom is 0.326 e. The number of hydrogen-bond donors (Lipinski definition) is 6. The number of carbonyl (C=O) groups is 3. The third-order valence-electron chi connectivity index (χ3n) is 5.70. The highest BCUT2D eigenvalue weighted by molar-refractivity contribution is 5.92. The highest BCUT2D eigenvalue weighted by atomic mass is 16.4. The van der Waals surface area contributed by atoms with Gasteiger partial charge < -0.3 is 31.0 Å². The van der Waals surface area contributed by atoms with Gasteiger partial charge in [-0.05, 0) is 31.0 Å². The number of amides is 2. The fraction of sp³-hybridized carbons (Fsp3) is 0.364. The number of hydrogen-bond acceptors (Lipinski definition) is 5. The topological polar surface area (TPSA) is 152 Å². The minimum absolute atomic E-state index is 0.111. The molecule has 1 aliphatic heterocycles. The molecule has 1 aromatic carbocycles. The van der Waals surface area contributed by atoms with Gasteiger partial charge in [0.25, 0.3) is 0 Å². The van der Waals surface area contributed by atoms with Gasteiger partial charge in [0.15, 0.2) is 0 Å². The smallest absolute Gasteiger partial charge is 0.326 e. The molecule has 1 fully saturated rings. The summed E-state index contributed by atoms with van der Waals surface area (Å²) in [6, 6.07) is 5.14. The standard InChI is InChI=1S/C22H26N6O4/c29-20(17-6-3-7-24-17)27-18(9-14-11-23-12-26-14)21(30)28-19(22(31)32)8-13-10-25-16-5-2-1-4-15(13)16/h1-2,4-5,10-12,17-19,24-25H,3,6-9H2,(H,23,26)(H,27,29)(H,28,30)(H,31,32)/t17-,18-,19-/m0/s1. The Labute approximate surface area is 184 Å². The van der Waals surface area contributed by atoms with Gasteiger partial charge in [0.1, 0.15) is 12.1 Å². The Balaban J connectivity index is 1.48. The molecular formula is C22H26N6O4. The van der Waals surface area contributed by atoms with Crippen LogP contribution in [0.25, 0.3) is 10.9 Å². The number of carboxylic acid groups (broad SMARTS) is 1. The van der Waals surface area contributed by atoms with Crippen LogP contribution in [0.15, 0.2) is 43.0 Å². The number of benzene rings is 1. The molecule has 168 valence electrons. The van der Waals surface area contributed by atoms with Crippen LogP contribution in [0.4, 0.5) is 0 Å². The molecule has 10 nitrogen and oxygen atoms in total. The minimum atomic E-state index is -1.15. The molecule has 0 saturated carbocycles. The molecule has 2 amide bonds. The van der Waals surface area contributed by atoms with E-state index in [4.69, 9.17) is 0 Å². The first kappa shape index (κ1) is 21.6. The van der Waals surface area contributed by atoms with Crippen LogP contribution in [0.5, 0.6) is 0 Å². The molecule has 2 aromatic heterocycles. The van der Waals surface area contributed by atoms with Crippen LogP contribution in [0.1, 0.15) is 24.1 Å². The summed E-state index contributed by atoms with van der Waals surface area (Å²) < 4.78 is 0. The van der Waals surface area contributed by atoms with Crippen LogP contribution in [-0.2, 0) is 27.2 Å². The van der Waals surface area contributed by atoms with E-state index in [0.717, 1.165) is 29.4 Å². The van der Waals surface area contributed by atoms with Crippen molar-refractivity contribution in [2.45, 2.75) is 43.8 Å². The maximum atomic E-state index is 13.1.